The van der Waals surface area contributed by atoms with E-state index in [2.05, 4.69) is 26.7 Å². The van der Waals surface area contributed by atoms with E-state index in [0.29, 0.717) is 6.42 Å². The molecule has 0 fully saturated rings. The number of rotatable bonds is 3. The molecule has 2 heterocycles. The molecule has 0 amide bonds. The Balaban J connectivity index is 1.86. The fourth-order valence-corrected chi connectivity index (χ4v) is 2.40. The van der Waals surface area contributed by atoms with Crippen LogP contribution in [0.5, 0.6) is 0 Å². The van der Waals surface area contributed by atoms with Gasteiger partial charge in [0.15, 0.2) is 0 Å². The number of fused-ring (bicyclic) bond motifs is 1. The maximum atomic E-state index is 6.08. The monoisotopic (exact) mass is 256 g/mol. The van der Waals surface area contributed by atoms with Crippen LogP contribution in [0.1, 0.15) is 17.4 Å². The predicted molar refractivity (Wildman–Crippen MR) is 72.3 cm³/mol. The van der Waals surface area contributed by atoms with Gasteiger partial charge in [0.05, 0.1) is 17.3 Å². The first-order valence-electron chi connectivity index (χ1n) is 5.70. The number of nitrogens with two attached hydrogens (primary N) is 1. The third-order valence-electron chi connectivity index (χ3n) is 2.84. The van der Waals surface area contributed by atoms with E-state index in [0.717, 1.165) is 22.3 Å². The summed E-state index contributed by atoms with van der Waals surface area (Å²) < 4.78 is 3.83. The van der Waals surface area contributed by atoms with Gasteiger partial charge in [0.25, 0.3) is 0 Å². The van der Waals surface area contributed by atoms with Gasteiger partial charge >= 0.3 is 0 Å². The number of hydrogen-bond donors (Lipinski definition) is 1. The van der Waals surface area contributed by atoms with Crippen LogP contribution in [0.25, 0.3) is 10.9 Å². The minimum atomic E-state index is -0.141. The molecule has 3 aromatic rings. The fourth-order valence-electron chi connectivity index (χ4n) is 1.89. The Kier molecular flexibility index (Phi) is 3.00. The molecule has 1 atom stereocenters. The number of hydrogen-bond acceptors (Lipinski definition) is 5. The van der Waals surface area contributed by atoms with Crippen molar-refractivity contribution < 1.29 is 0 Å². The van der Waals surface area contributed by atoms with Crippen LogP contribution in [0, 0.1) is 0 Å². The number of benzene rings is 1. The van der Waals surface area contributed by atoms with Crippen molar-refractivity contribution >= 4 is 22.4 Å². The van der Waals surface area contributed by atoms with Gasteiger partial charge in [-0.1, -0.05) is 28.8 Å². The molecule has 0 saturated carbocycles. The van der Waals surface area contributed by atoms with Gasteiger partial charge in [-0.2, -0.15) is 0 Å². The van der Waals surface area contributed by atoms with Gasteiger partial charge in [0, 0.05) is 22.9 Å². The number of nitrogens with zero attached hydrogens (tertiary/aromatic N) is 3. The molecule has 2 aromatic heterocycles. The lowest BCUT2D eigenvalue weighted by Gasteiger charge is -2.08. The summed E-state index contributed by atoms with van der Waals surface area (Å²) in [5.41, 5.74) is 8.89. The maximum absolute atomic E-state index is 6.08. The Morgan fingerprint density at radius 2 is 2.06 bits per heavy atom. The molecule has 2 N–H and O–H groups in total. The first-order valence-corrected chi connectivity index (χ1v) is 6.54. The van der Waals surface area contributed by atoms with Crippen LogP contribution in [0.4, 0.5) is 0 Å². The molecule has 0 saturated heterocycles. The first kappa shape index (κ1) is 11.3. The lowest BCUT2D eigenvalue weighted by Crippen LogP contribution is -2.14. The van der Waals surface area contributed by atoms with E-state index >= 15 is 0 Å². The highest BCUT2D eigenvalue weighted by molar-refractivity contribution is 7.03. The zero-order valence-electron chi connectivity index (χ0n) is 9.65. The molecule has 4 nitrogen and oxygen atoms in total. The molecule has 0 aliphatic carbocycles. The van der Waals surface area contributed by atoms with E-state index in [4.69, 9.17) is 5.73 Å². The molecule has 90 valence electrons. The third kappa shape index (κ3) is 2.23. The molecule has 0 aliphatic heterocycles. The summed E-state index contributed by atoms with van der Waals surface area (Å²) in [4.78, 5) is 4.60. The second-order valence-corrected chi connectivity index (χ2v) is 4.75. The van der Waals surface area contributed by atoms with Crippen LogP contribution in [0.15, 0.2) is 41.8 Å². The van der Waals surface area contributed by atoms with E-state index in [1.54, 1.807) is 0 Å². The second-order valence-electron chi connectivity index (χ2n) is 4.14. The molecule has 1 unspecified atom stereocenters. The van der Waals surface area contributed by atoms with Crippen LogP contribution >= 0.6 is 11.5 Å². The van der Waals surface area contributed by atoms with Gasteiger partial charge in [0.2, 0.25) is 0 Å². The third-order valence-corrected chi connectivity index (χ3v) is 3.36. The van der Waals surface area contributed by atoms with Gasteiger partial charge in [0.1, 0.15) is 0 Å². The summed E-state index contributed by atoms with van der Waals surface area (Å²) in [6.07, 6.45) is 0.677. The van der Waals surface area contributed by atoms with E-state index < -0.39 is 0 Å². The summed E-state index contributed by atoms with van der Waals surface area (Å²) in [7, 11) is 0. The van der Waals surface area contributed by atoms with Gasteiger partial charge in [-0.15, -0.1) is 5.10 Å². The number of para-hydroxylation sites is 1. The minimum Gasteiger partial charge on any atom is -0.322 e. The Hall–Kier alpha value is -1.85. The molecule has 3 rings (SSSR count). The van der Waals surface area contributed by atoms with Gasteiger partial charge in [-0.05, 0) is 23.7 Å². The van der Waals surface area contributed by atoms with Crippen molar-refractivity contribution in [3.63, 3.8) is 0 Å². The summed E-state index contributed by atoms with van der Waals surface area (Å²) in [6, 6.07) is 12.0. The van der Waals surface area contributed by atoms with Crippen molar-refractivity contribution in [2.75, 3.05) is 0 Å². The average molecular weight is 256 g/mol. The molecule has 18 heavy (non-hydrogen) atoms. The standard InChI is InChI=1S/C13H12N4S/c14-11(13-8-18-17-16-13)7-10-6-5-9-3-1-2-4-12(9)15-10/h1-6,8,11H,7,14H2. The molecule has 1 aromatic carbocycles. The highest BCUT2D eigenvalue weighted by atomic mass is 32.1. The van der Waals surface area contributed by atoms with E-state index in [1.165, 1.54) is 11.5 Å². The molecule has 0 aliphatic rings. The van der Waals surface area contributed by atoms with Crippen LogP contribution in [-0.2, 0) is 6.42 Å². The molecular formula is C13H12N4S. The normalized spacial score (nSPS) is 12.7. The van der Waals surface area contributed by atoms with Crippen molar-refractivity contribution in [2.45, 2.75) is 12.5 Å². The fraction of sp³-hybridized carbons (Fsp3) is 0.154. The van der Waals surface area contributed by atoms with E-state index in [-0.39, 0.29) is 6.04 Å². The SMILES string of the molecule is NC(Cc1ccc2ccccc2n1)c1csnn1. The topological polar surface area (TPSA) is 64.7 Å². The Morgan fingerprint density at radius 1 is 1.17 bits per heavy atom. The van der Waals surface area contributed by atoms with E-state index in [9.17, 15) is 0 Å². The molecule has 0 radical (unpaired) electrons. The van der Waals surface area contributed by atoms with E-state index in [1.807, 2.05) is 29.6 Å². The van der Waals surface area contributed by atoms with Crippen LogP contribution in [0.3, 0.4) is 0 Å². The smallest absolute Gasteiger partial charge is 0.0926 e. The minimum absolute atomic E-state index is 0.141. The van der Waals surface area contributed by atoms with Crippen molar-refractivity contribution in [3.8, 4) is 0 Å². The quantitative estimate of drug-likeness (QED) is 0.781. The Bertz CT molecular complexity index is 651. The lowest BCUT2D eigenvalue weighted by atomic mass is 10.1. The van der Waals surface area contributed by atoms with Crippen LogP contribution < -0.4 is 5.73 Å². The lowest BCUT2D eigenvalue weighted by molar-refractivity contribution is 0.681. The van der Waals surface area contributed by atoms with Crippen LogP contribution in [-0.4, -0.2) is 14.6 Å². The van der Waals surface area contributed by atoms with Gasteiger partial charge in [-0.3, -0.25) is 4.98 Å². The summed E-state index contributed by atoms with van der Waals surface area (Å²) in [5, 5.41) is 7.01. The van der Waals surface area contributed by atoms with Crippen molar-refractivity contribution in [1.82, 2.24) is 14.6 Å². The highest BCUT2D eigenvalue weighted by Gasteiger charge is 2.10. The van der Waals surface area contributed by atoms with Crippen LogP contribution in [0.2, 0.25) is 0 Å². The Morgan fingerprint density at radius 3 is 2.89 bits per heavy atom. The van der Waals surface area contributed by atoms with Crippen molar-refractivity contribution in [2.24, 2.45) is 5.73 Å². The average Bonchev–Trinajstić information content (AvgIpc) is 2.92. The molecule has 0 spiro atoms. The number of pyridine rings is 1. The Labute approximate surface area is 109 Å². The van der Waals surface area contributed by atoms with Gasteiger partial charge in [-0.25, -0.2) is 0 Å². The zero-order chi connectivity index (χ0) is 12.4. The van der Waals surface area contributed by atoms with Crippen molar-refractivity contribution in [3.05, 3.63) is 53.2 Å². The highest BCUT2D eigenvalue weighted by Crippen LogP contribution is 2.17. The maximum Gasteiger partial charge on any atom is 0.0926 e. The summed E-state index contributed by atoms with van der Waals surface area (Å²) in [6.45, 7) is 0. The molecule has 0 bridgehead atoms. The molecular weight excluding hydrogens is 244 g/mol. The number of aromatic nitrogens is 3. The van der Waals surface area contributed by atoms with Gasteiger partial charge < -0.3 is 5.73 Å². The molecule has 5 heteroatoms. The van der Waals surface area contributed by atoms with Crippen molar-refractivity contribution in [1.29, 1.82) is 0 Å². The first-order chi connectivity index (χ1) is 8.83. The summed E-state index contributed by atoms with van der Waals surface area (Å²) >= 11 is 1.32. The second kappa shape index (κ2) is 4.80. The largest absolute Gasteiger partial charge is 0.322 e. The predicted octanol–water partition coefficient (Wildman–Crippen LogP) is 2.33. The zero-order valence-corrected chi connectivity index (χ0v) is 10.5. The summed E-state index contributed by atoms with van der Waals surface area (Å²) in [5.74, 6) is 0.